The van der Waals surface area contributed by atoms with Gasteiger partial charge in [-0.1, -0.05) is 30.7 Å². The van der Waals surface area contributed by atoms with Crippen LogP contribution in [0.2, 0.25) is 0 Å². The van der Waals surface area contributed by atoms with Crippen LogP contribution < -0.4 is 29.9 Å². The number of nitro benzene ring substituents is 1. The average molecular weight is 678 g/mol. The highest BCUT2D eigenvalue weighted by molar-refractivity contribution is 7.99. The molecule has 4 aromatic rings. The number of benzene rings is 2. The minimum absolute atomic E-state index is 0.122. The number of ether oxygens (including phenoxy) is 3. The first-order valence-corrected chi connectivity index (χ1v) is 16.2. The van der Waals surface area contributed by atoms with Crippen molar-refractivity contribution in [1.29, 1.82) is 0 Å². The number of aromatic amines is 1. The molecule has 3 heterocycles. The number of thiazole rings is 1. The number of aryl methyl sites for hydroxylation is 1. The highest BCUT2D eigenvalue weighted by Gasteiger charge is 2.36. The van der Waals surface area contributed by atoms with Crippen LogP contribution in [0.5, 0.6) is 11.5 Å². The minimum atomic E-state index is -0.948. The number of aromatic nitrogens is 3. The van der Waals surface area contributed by atoms with Crippen LogP contribution >= 0.6 is 23.1 Å². The molecule has 0 aliphatic carbocycles. The SMILES string of the molecule is CCCC1=C(C(=O)OCC)[C@@H](c2cc(OC)ccc2OC)n2c(s/c(=C\c3ccc(Sc4nc(C)cc(=O)[nH]4)c([N+](=O)[O-])c3)c2=O)=N1. The topological polar surface area (TPSA) is 168 Å². The van der Waals surface area contributed by atoms with Gasteiger partial charge >= 0.3 is 5.97 Å². The molecule has 0 bridgehead atoms. The van der Waals surface area contributed by atoms with E-state index in [0.29, 0.717) is 51.7 Å². The number of hydrogen-bond acceptors (Lipinski definition) is 12. The second-order valence-corrected chi connectivity index (χ2v) is 12.3. The van der Waals surface area contributed by atoms with Gasteiger partial charge in [0.25, 0.3) is 16.8 Å². The molecular formula is C32H31N5O8S2. The van der Waals surface area contributed by atoms with Crippen LogP contribution in [0.25, 0.3) is 6.08 Å². The Balaban J connectivity index is 1.70. The fourth-order valence-electron chi connectivity index (χ4n) is 5.18. The number of hydrogen-bond donors (Lipinski definition) is 1. The summed E-state index contributed by atoms with van der Waals surface area (Å²) in [6, 6.07) is 10.0. The molecule has 1 aliphatic rings. The summed E-state index contributed by atoms with van der Waals surface area (Å²) < 4.78 is 18.3. The summed E-state index contributed by atoms with van der Waals surface area (Å²) in [6.45, 7) is 5.44. The molecule has 13 nitrogen and oxygen atoms in total. The van der Waals surface area contributed by atoms with Gasteiger partial charge in [-0.25, -0.2) is 14.8 Å². The number of methoxy groups -OCH3 is 2. The normalized spacial score (nSPS) is 14.4. The second-order valence-electron chi connectivity index (χ2n) is 10.3. The zero-order valence-corrected chi connectivity index (χ0v) is 27.8. The lowest BCUT2D eigenvalue weighted by atomic mass is 9.93. The number of rotatable bonds is 11. The smallest absolute Gasteiger partial charge is 0.338 e. The van der Waals surface area contributed by atoms with Gasteiger partial charge in [0.05, 0.1) is 46.4 Å². The monoisotopic (exact) mass is 677 g/mol. The number of esters is 1. The molecule has 2 aromatic carbocycles. The lowest BCUT2D eigenvalue weighted by Crippen LogP contribution is -2.40. The molecule has 0 radical (unpaired) electrons. The summed E-state index contributed by atoms with van der Waals surface area (Å²) in [4.78, 5) is 63.3. The first kappa shape index (κ1) is 33.3. The van der Waals surface area contributed by atoms with Crippen molar-refractivity contribution in [2.45, 2.75) is 49.7 Å². The summed E-state index contributed by atoms with van der Waals surface area (Å²) in [5.74, 6) is 0.325. The van der Waals surface area contributed by atoms with E-state index in [-0.39, 0.29) is 38.0 Å². The van der Waals surface area contributed by atoms with Crippen molar-refractivity contribution < 1.29 is 23.9 Å². The molecule has 1 atom stereocenters. The van der Waals surface area contributed by atoms with Crippen LogP contribution in [0.3, 0.4) is 0 Å². The molecule has 0 fully saturated rings. The zero-order valence-electron chi connectivity index (χ0n) is 26.2. The third-order valence-electron chi connectivity index (χ3n) is 7.16. The highest BCUT2D eigenvalue weighted by atomic mass is 32.2. The first-order chi connectivity index (χ1) is 22.6. The van der Waals surface area contributed by atoms with Gasteiger partial charge < -0.3 is 19.2 Å². The van der Waals surface area contributed by atoms with Crippen LogP contribution in [0.15, 0.2) is 78.4 Å². The van der Waals surface area contributed by atoms with E-state index in [1.54, 1.807) is 44.2 Å². The predicted molar refractivity (Wildman–Crippen MR) is 176 cm³/mol. The lowest BCUT2D eigenvalue weighted by molar-refractivity contribution is -0.387. The van der Waals surface area contributed by atoms with Crippen LogP contribution in [0.4, 0.5) is 5.69 Å². The Hall–Kier alpha value is -5.02. The summed E-state index contributed by atoms with van der Waals surface area (Å²) in [7, 11) is 3.01. The Kier molecular flexibility index (Phi) is 10.1. The molecule has 47 heavy (non-hydrogen) atoms. The zero-order chi connectivity index (χ0) is 33.8. The van der Waals surface area contributed by atoms with E-state index >= 15 is 0 Å². The van der Waals surface area contributed by atoms with Gasteiger partial charge in [0, 0.05) is 23.4 Å². The average Bonchev–Trinajstić information content (AvgIpc) is 3.34. The van der Waals surface area contributed by atoms with Crippen LogP contribution in [0, 0.1) is 17.0 Å². The molecule has 244 valence electrons. The predicted octanol–water partition coefficient (Wildman–Crippen LogP) is 4.05. The number of H-pyrrole nitrogens is 1. The van der Waals surface area contributed by atoms with E-state index in [0.717, 1.165) is 23.1 Å². The Morgan fingerprint density at radius 1 is 1.15 bits per heavy atom. The van der Waals surface area contributed by atoms with Crippen molar-refractivity contribution in [3.8, 4) is 11.5 Å². The van der Waals surface area contributed by atoms with E-state index in [1.807, 2.05) is 6.92 Å². The maximum atomic E-state index is 14.2. The second kappa shape index (κ2) is 14.2. The lowest BCUT2D eigenvalue weighted by Gasteiger charge is -2.27. The molecule has 0 unspecified atom stereocenters. The third-order valence-corrected chi connectivity index (χ3v) is 9.09. The molecule has 1 N–H and O–H groups in total. The minimum Gasteiger partial charge on any atom is -0.497 e. The van der Waals surface area contributed by atoms with Crippen molar-refractivity contribution in [1.82, 2.24) is 14.5 Å². The van der Waals surface area contributed by atoms with Gasteiger partial charge in [-0.05, 0) is 67.9 Å². The fraction of sp³-hybridized carbons (Fsp3) is 0.281. The molecule has 5 rings (SSSR count). The third kappa shape index (κ3) is 6.90. The molecule has 1 aliphatic heterocycles. The van der Waals surface area contributed by atoms with Crippen molar-refractivity contribution in [2.24, 2.45) is 4.99 Å². The molecule has 0 amide bonds. The number of nitro groups is 1. The van der Waals surface area contributed by atoms with Gasteiger partial charge in [0.2, 0.25) is 0 Å². The maximum Gasteiger partial charge on any atom is 0.338 e. The van der Waals surface area contributed by atoms with E-state index < -0.39 is 22.5 Å². The Morgan fingerprint density at radius 2 is 1.94 bits per heavy atom. The van der Waals surface area contributed by atoms with Crippen molar-refractivity contribution in [3.05, 3.63) is 111 Å². The molecule has 0 saturated heterocycles. The summed E-state index contributed by atoms with van der Waals surface area (Å²) in [5.41, 5.74) is 1.04. The summed E-state index contributed by atoms with van der Waals surface area (Å²) in [5, 5.41) is 12.3. The molecule has 0 spiro atoms. The van der Waals surface area contributed by atoms with Gasteiger partial charge in [-0.2, -0.15) is 0 Å². The van der Waals surface area contributed by atoms with Gasteiger partial charge in [0.1, 0.15) is 17.5 Å². The summed E-state index contributed by atoms with van der Waals surface area (Å²) >= 11 is 2.06. The van der Waals surface area contributed by atoms with Crippen molar-refractivity contribution >= 4 is 40.8 Å². The molecule has 15 heteroatoms. The fourth-order valence-corrected chi connectivity index (χ4v) is 7.12. The number of nitrogens with zero attached hydrogens (tertiary/aromatic N) is 4. The maximum absolute atomic E-state index is 14.2. The van der Waals surface area contributed by atoms with E-state index in [9.17, 15) is 24.5 Å². The van der Waals surface area contributed by atoms with Crippen molar-refractivity contribution in [2.75, 3.05) is 20.8 Å². The Labute approximate surface area is 276 Å². The number of fused-ring (bicyclic) bond motifs is 1. The van der Waals surface area contributed by atoms with Crippen LogP contribution in [0.1, 0.15) is 49.6 Å². The summed E-state index contributed by atoms with van der Waals surface area (Å²) in [6.07, 6.45) is 2.68. The Bertz CT molecular complexity index is 2150. The molecule has 2 aromatic heterocycles. The Morgan fingerprint density at radius 3 is 2.60 bits per heavy atom. The van der Waals surface area contributed by atoms with Gasteiger partial charge in [0.15, 0.2) is 9.96 Å². The quantitative estimate of drug-likeness (QED) is 0.106. The molecular weight excluding hydrogens is 647 g/mol. The van der Waals surface area contributed by atoms with Crippen molar-refractivity contribution in [3.63, 3.8) is 0 Å². The highest BCUT2D eigenvalue weighted by Crippen LogP contribution is 2.39. The van der Waals surface area contributed by atoms with Gasteiger partial charge in [-0.15, -0.1) is 0 Å². The standard InChI is InChI=1S/C32H31N5O8S2/c1-6-8-21-27(30(40)45-7-2)28(20-16-19(43-4)10-11-23(20)44-5)36-29(39)25(47-32(36)34-21)15-18-9-12-24(22(14-18)37(41)42)46-31-33-17(3)13-26(38)35-31/h9-16,28H,6-8H2,1-5H3,(H,33,35,38)/b25-15-/t28-/m1/s1. The molecule has 0 saturated carbocycles. The number of nitrogens with one attached hydrogen (secondary N) is 1. The first-order valence-electron chi connectivity index (χ1n) is 14.6. The van der Waals surface area contributed by atoms with E-state index in [2.05, 4.69) is 9.97 Å². The number of allylic oxidation sites excluding steroid dienone is 1. The largest absolute Gasteiger partial charge is 0.497 e. The van der Waals surface area contributed by atoms with Crippen LogP contribution in [-0.2, 0) is 9.53 Å². The van der Waals surface area contributed by atoms with E-state index in [1.165, 1.54) is 37.0 Å². The van der Waals surface area contributed by atoms with E-state index in [4.69, 9.17) is 19.2 Å². The number of carbonyl (C=O) groups excluding carboxylic acids is 1. The van der Waals surface area contributed by atoms with Gasteiger partial charge in [-0.3, -0.25) is 24.3 Å². The number of carbonyl (C=O) groups is 1. The van der Waals surface area contributed by atoms with Crippen LogP contribution in [-0.4, -0.2) is 46.3 Å².